The lowest BCUT2D eigenvalue weighted by molar-refractivity contribution is 0.480. The van der Waals surface area contributed by atoms with E-state index in [4.69, 9.17) is 0 Å². The molecule has 0 aliphatic heterocycles. The van der Waals surface area contributed by atoms with Crippen LogP contribution >= 0.6 is 0 Å². The Kier molecular flexibility index (Phi) is 2.46. The molecule has 0 saturated carbocycles. The Labute approximate surface area is 87.4 Å². The molecule has 0 spiro atoms. The Balaban J connectivity index is 2.71. The van der Waals surface area contributed by atoms with E-state index in [-0.39, 0.29) is 11.3 Å². The predicted octanol–water partition coefficient (Wildman–Crippen LogP) is 2.19. The van der Waals surface area contributed by atoms with Crippen LogP contribution in [0.5, 0.6) is 5.75 Å². The number of para-hydroxylation sites is 1. The summed E-state index contributed by atoms with van der Waals surface area (Å²) in [4.78, 5) is 14.3. The zero-order valence-electron chi connectivity index (χ0n) is 8.58. The summed E-state index contributed by atoms with van der Waals surface area (Å²) in [6.45, 7) is 2.03. The van der Waals surface area contributed by atoms with Crippen LogP contribution in [0.25, 0.3) is 10.9 Å². The van der Waals surface area contributed by atoms with Gasteiger partial charge in [-0.3, -0.25) is 4.79 Å². The van der Waals surface area contributed by atoms with Crippen LogP contribution in [0.3, 0.4) is 0 Å². The summed E-state index contributed by atoms with van der Waals surface area (Å²) in [6.07, 6.45) is 1.70. The third kappa shape index (κ3) is 1.73. The summed E-state index contributed by atoms with van der Waals surface area (Å²) in [5.74, 6) is 0.118. The van der Waals surface area contributed by atoms with Gasteiger partial charge in [0.15, 0.2) is 0 Å². The molecule has 0 fully saturated rings. The van der Waals surface area contributed by atoms with Crippen LogP contribution in [0.2, 0.25) is 0 Å². The van der Waals surface area contributed by atoms with Crippen molar-refractivity contribution in [1.82, 2.24) is 4.98 Å². The number of H-pyrrole nitrogens is 1. The zero-order chi connectivity index (χ0) is 10.8. The van der Waals surface area contributed by atoms with E-state index in [0.717, 1.165) is 23.8 Å². The minimum Gasteiger partial charge on any atom is -0.506 e. The number of aromatic hydroxyl groups is 1. The molecule has 1 heterocycles. The van der Waals surface area contributed by atoms with E-state index in [2.05, 4.69) is 4.98 Å². The highest BCUT2D eigenvalue weighted by atomic mass is 16.3. The number of phenolic OH excluding ortho intramolecular Hbond substituents is 1. The molecule has 0 amide bonds. The molecule has 0 aliphatic rings. The zero-order valence-corrected chi connectivity index (χ0v) is 8.58. The quantitative estimate of drug-likeness (QED) is 0.786. The summed E-state index contributed by atoms with van der Waals surface area (Å²) >= 11 is 0. The number of hydrogen-bond acceptors (Lipinski definition) is 2. The normalized spacial score (nSPS) is 10.7. The second kappa shape index (κ2) is 3.77. The molecule has 1 aromatic carbocycles. The Bertz CT molecular complexity index is 543. The maximum Gasteiger partial charge on any atom is 0.251 e. The highest BCUT2D eigenvalue weighted by Gasteiger charge is 2.04. The van der Waals surface area contributed by atoms with Crippen LogP contribution in [-0.2, 0) is 6.42 Å². The number of nitrogens with one attached hydrogen (secondary N) is 1. The van der Waals surface area contributed by atoms with E-state index in [1.165, 1.54) is 0 Å². The van der Waals surface area contributed by atoms with Crippen molar-refractivity contribution < 1.29 is 5.11 Å². The monoisotopic (exact) mass is 203 g/mol. The van der Waals surface area contributed by atoms with E-state index in [1.807, 2.05) is 19.1 Å². The second-order valence-corrected chi connectivity index (χ2v) is 3.62. The van der Waals surface area contributed by atoms with Crippen molar-refractivity contribution in [3.8, 4) is 5.75 Å². The molecule has 0 unspecified atom stereocenters. The van der Waals surface area contributed by atoms with Crippen molar-refractivity contribution in [2.24, 2.45) is 0 Å². The fourth-order valence-electron chi connectivity index (χ4n) is 1.72. The van der Waals surface area contributed by atoms with Gasteiger partial charge in [-0.15, -0.1) is 0 Å². The van der Waals surface area contributed by atoms with Gasteiger partial charge in [0, 0.05) is 10.9 Å². The maximum atomic E-state index is 11.6. The summed E-state index contributed by atoms with van der Waals surface area (Å²) in [5, 5.41) is 10.4. The highest BCUT2D eigenvalue weighted by Crippen LogP contribution is 2.21. The molecular formula is C12H13NO2. The number of aromatic amines is 1. The van der Waals surface area contributed by atoms with Gasteiger partial charge in [0.05, 0.1) is 5.52 Å². The van der Waals surface area contributed by atoms with Crippen molar-refractivity contribution in [1.29, 1.82) is 0 Å². The van der Waals surface area contributed by atoms with Crippen LogP contribution in [0, 0.1) is 0 Å². The number of hydrogen-bond donors (Lipinski definition) is 2. The molecule has 3 heteroatoms. The van der Waals surface area contributed by atoms with Crippen LogP contribution < -0.4 is 5.56 Å². The number of benzene rings is 1. The van der Waals surface area contributed by atoms with Crippen LogP contribution in [0.15, 0.2) is 29.1 Å². The van der Waals surface area contributed by atoms with Gasteiger partial charge in [-0.1, -0.05) is 25.5 Å². The van der Waals surface area contributed by atoms with Crippen LogP contribution in [0.4, 0.5) is 0 Å². The lowest BCUT2D eigenvalue weighted by Gasteiger charge is -2.03. The molecule has 0 radical (unpaired) electrons. The predicted molar refractivity (Wildman–Crippen MR) is 60.2 cm³/mol. The largest absolute Gasteiger partial charge is 0.506 e. The Morgan fingerprint density at radius 1 is 1.40 bits per heavy atom. The summed E-state index contributed by atoms with van der Waals surface area (Å²) in [6, 6.07) is 7.06. The number of phenols is 1. The van der Waals surface area contributed by atoms with E-state index in [0.29, 0.717) is 5.52 Å². The summed E-state index contributed by atoms with van der Waals surface area (Å²) < 4.78 is 0. The SMILES string of the molecule is CCCc1cc2cccc(O)c2[nH]c1=O. The first kappa shape index (κ1) is 9.77. The van der Waals surface area contributed by atoms with E-state index >= 15 is 0 Å². The average molecular weight is 203 g/mol. The summed E-state index contributed by atoms with van der Waals surface area (Å²) in [7, 11) is 0. The third-order valence-electron chi connectivity index (χ3n) is 2.45. The molecule has 1 aromatic heterocycles. The second-order valence-electron chi connectivity index (χ2n) is 3.62. The van der Waals surface area contributed by atoms with Gasteiger partial charge in [-0.2, -0.15) is 0 Å². The first-order valence-corrected chi connectivity index (χ1v) is 5.06. The van der Waals surface area contributed by atoms with Gasteiger partial charge in [0.1, 0.15) is 5.75 Å². The van der Waals surface area contributed by atoms with Crippen molar-refractivity contribution in [3.05, 3.63) is 40.2 Å². The number of aromatic nitrogens is 1. The van der Waals surface area contributed by atoms with E-state index in [9.17, 15) is 9.90 Å². The fraction of sp³-hybridized carbons (Fsp3) is 0.250. The molecule has 0 bridgehead atoms. The van der Waals surface area contributed by atoms with Crippen LogP contribution in [-0.4, -0.2) is 10.1 Å². The molecule has 0 atom stereocenters. The van der Waals surface area contributed by atoms with Gasteiger partial charge < -0.3 is 10.1 Å². The van der Waals surface area contributed by atoms with Crippen molar-refractivity contribution >= 4 is 10.9 Å². The van der Waals surface area contributed by atoms with Gasteiger partial charge in [-0.25, -0.2) is 0 Å². The molecular weight excluding hydrogens is 190 g/mol. The lowest BCUT2D eigenvalue weighted by Crippen LogP contribution is -2.11. The number of pyridine rings is 1. The van der Waals surface area contributed by atoms with Gasteiger partial charge >= 0.3 is 0 Å². The molecule has 0 saturated heterocycles. The molecule has 78 valence electrons. The Morgan fingerprint density at radius 3 is 2.93 bits per heavy atom. The maximum absolute atomic E-state index is 11.6. The third-order valence-corrected chi connectivity index (χ3v) is 2.45. The van der Waals surface area contributed by atoms with Crippen LogP contribution in [0.1, 0.15) is 18.9 Å². The van der Waals surface area contributed by atoms with E-state index < -0.39 is 0 Å². The smallest absolute Gasteiger partial charge is 0.251 e. The average Bonchev–Trinajstić information content (AvgIpc) is 2.21. The van der Waals surface area contributed by atoms with Gasteiger partial charge in [0.2, 0.25) is 0 Å². The van der Waals surface area contributed by atoms with Gasteiger partial charge in [0.25, 0.3) is 5.56 Å². The van der Waals surface area contributed by atoms with Crippen molar-refractivity contribution in [3.63, 3.8) is 0 Å². The fourth-order valence-corrected chi connectivity index (χ4v) is 1.72. The van der Waals surface area contributed by atoms with E-state index in [1.54, 1.807) is 12.1 Å². The van der Waals surface area contributed by atoms with Crippen molar-refractivity contribution in [2.45, 2.75) is 19.8 Å². The minimum absolute atomic E-state index is 0.106. The summed E-state index contributed by atoms with van der Waals surface area (Å²) in [5.41, 5.74) is 1.18. The number of fused-ring (bicyclic) bond motifs is 1. The molecule has 2 aromatic rings. The minimum atomic E-state index is -0.106. The number of aryl methyl sites for hydroxylation is 1. The number of rotatable bonds is 2. The molecule has 2 rings (SSSR count). The lowest BCUT2D eigenvalue weighted by atomic mass is 10.1. The highest BCUT2D eigenvalue weighted by molar-refractivity contribution is 5.84. The molecule has 15 heavy (non-hydrogen) atoms. The Hall–Kier alpha value is -1.77. The first-order valence-electron chi connectivity index (χ1n) is 5.06. The molecule has 2 N–H and O–H groups in total. The standard InChI is InChI=1S/C12H13NO2/c1-2-4-9-7-8-5-3-6-10(14)11(8)13-12(9)15/h3,5-7,14H,2,4H2,1H3,(H,13,15). The topological polar surface area (TPSA) is 53.1 Å². The molecule has 3 nitrogen and oxygen atoms in total. The van der Waals surface area contributed by atoms with Gasteiger partial charge in [-0.05, 0) is 18.6 Å². The Morgan fingerprint density at radius 2 is 2.20 bits per heavy atom. The first-order chi connectivity index (χ1) is 7.22. The molecule has 0 aliphatic carbocycles. The van der Waals surface area contributed by atoms with Crippen molar-refractivity contribution in [2.75, 3.05) is 0 Å².